The molecule has 0 radical (unpaired) electrons. The van der Waals surface area contributed by atoms with E-state index in [4.69, 9.17) is 5.26 Å². The normalized spacial score (nSPS) is 9.86. The third-order valence-corrected chi connectivity index (χ3v) is 1.33. The Morgan fingerprint density at radius 2 is 2.07 bits per heavy atom. The number of alkyl halides is 3. The zero-order chi connectivity index (χ0) is 10.6. The molecule has 5 heteroatoms. The van der Waals surface area contributed by atoms with E-state index in [-0.39, 0.29) is 5.69 Å². The molecule has 0 aliphatic heterocycles. The number of rotatable bonds is 0. The number of hydrogen-bond acceptors (Lipinski definition) is 2. The number of nitrogens with zero attached hydrogens (tertiary/aromatic N) is 2. The Bertz CT molecular complexity index is 432. The van der Waals surface area contributed by atoms with Crippen LogP contribution in [0.1, 0.15) is 11.3 Å². The highest BCUT2D eigenvalue weighted by molar-refractivity contribution is 5.35. The maximum absolute atomic E-state index is 12.1. The second-order valence-electron chi connectivity index (χ2n) is 2.29. The maximum Gasteiger partial charge on any atom is 0.416 e. The Hall–Kier alpha value is -2.01. The topological polar surface area (TPSA) is 36.7 Å². The average Bonchev–Trinajstić information content (AvgIpc) is 2.14. The second-order valence-corrected chi connectivity index (χ2v) is 2.29. The molecule has 0 fully saturated rings. The number of nitriles is 1. The lowest BCUT2D eigenvalue weighted by molar-refractivity contribution is -0.137. The maximum atomic E-state index is 12.1. The fraction of sp³-hybridized carbons (Fsp3) is 0.111. The van der Waals surface area contributed by atoms with Gasteiger partial charge >= 0.3 is 6.18 Å². The van der Waals surface area contributed by atoms with Crippen molar-refractivity contribution in [3.05, 3.63) is 29.6 Å². The molecule has 0 aliphatic rings. The highest BCUT2D eigenvalue weighted by Gasteiger charge is 2.30. The van der Waals surface area contributed by atoms with Gasteiger partial charge in [-0.25, -0.2) is 4.98 Å². The number of halogens is 3. The molecule has 1 aromatic rings. The van der Waals surface area contributed by atoms with Gasteiger partial charge in [0.2, 0.25) is 0 Å². The first-order chi connectivity index (χ1) is 6.54. The molecule has 0 N–H and O–H groups in total. The van der Waals surface area contributed by atoms with Crippen LogP contribution in [-0.2, 0) is 6.18 Å². The summed E-state index contributed by atoms with van der Waals surface area (Å²) in [6.07, 6.45) is -3.41. The van der Waals surface area contributed by atoms with E-state index in [0.717, 1.165) is 18.3 Å². The zero-order valence-corrected chi connectivity index (χ0v) is 6.76. The van der Waals surface area contributed by atoms with Gasteiger partial charge in [0.15, 0.2) is 6.07 Å². The van der Waals surface area contributed by atoms with Crippen LogP contribution in [-0.4, -0.2) is 4.98 Å². The van der Waals surface area contributed by atoms with Crippen LogP contribution in [0.2, 0.25) is 0 Å². The van der Waals surface area contributed by atoms with Gasteiger partial charge in [-0.2, -0.15) is 18.4 Å². The van der Waals surface area contributed by atoms with E-state index in [2.05, 4.69) is 10.9 Å². The molecule has 1 heterocycles. The lowest BCUT2D eigenvalue weighted by Crippen LogP contribution is -2.05. The molecular formula is C9H3F3N2. The van der Waals surface area contributed by atoms with Crippen LogP contribution in [0.3, 0.4) is 0 Å². The van der Waals surface area contributed by atoms with Crippen molar-refractivity contribution in [2.45, 2.75) is 6.18 Å². The molecule has 0 bridgehead atoms. The van der Waals surface area contributed by atoms with Crippen molar-refractivity contribution in [1.29, 1.82) is 5.26 Å². The number of hydrogen-bond donors (Lipinski definition) is 0. The van der Waals surface area contributed by atoms with Gasteiger partial charge in [-0.1, -0.05) is 0 Å². The quantitative estimate of drug-likeness (QED) is 0.595. The van der Waals surface area contributed by atoms with E-state index in [1.165, 1.54) is 6.07 Å². The van der Waals surface area contributed by atoms with Crippen LogP contribution in [0.4, 0.5) is 13.2 Å². The van der Waals surface area contributed by atoms with E-state index < -0.39 is 11.7 Å². The number of aromatic nitrogens is 1. The molecule has 0 unspecified atom stereocenters. The second kappa shape index (κ2) is 3.80. The molecule has 0 saturated heterocycles. The van der Waals surface area contributed by atoms with Crippen molar-refractivity contribution in [2.24, 2.45) is 0 Å². The van der Waals surface area contributed by atoms with Crippen LogP contribution in [0.15, 0.2) is 18.3 Å². The predicted molar refractivity (Wildman–Crippen MR) is 41.7 cm³/mol. The summed E-state index contributed by atoms with van der Waals surface area (Å²) in [7, 11) is 0. The van der Waals surface area contributed by atoms with Gasteiger partial charge in [0.1, 0.15) is 5.69 Å². The van der Waals surface area contributed by atoms with Crippen molar-refractivity contribution in [3.8, 4) is 17.9 Å². The molecule has 0 spiro atoms. The minimum absolute atomic E-state index is 0.0682. The van der Waals surface area contributed by atoms with E-state index in [1.54, 1.807) is 0 Å². The van der Waals surface area contributed by atoms with Crippen molar-refractivity contribution in [3.63, 3.8) is 0 Å². The molecule has 0 saturated carbocycles. The molecule has 0 amide bonds. The first kappa shape index (κ1) is 10.1. The third kappa shape index (κ3) is 2.49. The first-order valence-corrected chi connectivity index (χ1v) is 3.47. The average molecular weight is 196 g/mol. The van der Waals surface area contributed by atoms with Crippen molar-refractivity contribution in [1.82, 2.24) is 4.98 Å². The number of pyridine rings is 1. The molecule has 2 nitrogen and oxygen atoms in total. The van der Waals surface area contributed by atoms with Gasteiger partial charge in [0.25, 0.3) is 0 Å². The third-order valence-electron chi connectivity index (χ3n) is 1.33. The summed E-state index contributed by atoms with van der Waals surface area (Å²) < 4.78 is 36.4. The van der Waals surface area contributed by atoms with E-state index in [0.29, 0.717) is 0 Å². The molecule has 0 atom stereocenters. The SMILES string of the molecule is N#CC#Cc1cc(C(F)(F)F)ccn1. The largest absolute Gasteiger partial charge is 0.416 e. The molecule has 14 heavy (non-hydrogen) atoms. The molecular weight excluding hydrogens is 193 g/mol. The predicted octanol–water partition coefficient (Wildman–Crippen LogP) is 1.98. The first-order valence-electron chi connectivity index (χ1n) is 3.47. The molecule has 70 valence electrons. The summed E-state index contributed by atoms with van der Waals surface area (Å²) in [5.74, 6) is 4.15. The summed E-state index contributed by atoms with van der Waals surface area (Å²) in [5.41, 5.74) is -0.892. The van der Waals surface area contributed by atoms with Crippen LogP contribution in [0, 0.1) is 23.2 Å². The van der Waals surface area contributed by atoms with Gasteiger partial charge in [0, 0.05) is 12.1 Å². The Balaban J connectivity index is 3.09. The summed E-state index contributed by atoms with van der Waals surface area (Å²) in [6, 6.07) is 3.13. The van der Waals surface area contributed by atoms with Gasteiger partial charge in [-0.3, -0.25) is 0 Å². The minimum Gasteiger partial charge on any atom is -0.248 e. The Kier molecular flexibility index (Phi) is 2.73. The van der Waals surface area contributed by atoms with Crippen LogP contribution < -0.4 is 0 Å². The smallest absolute Gasteiger partial charge is 0.248 e. The van der Waals surface area contributed by atoms with Gasteiger partial charge in [0.05, 0.1) is 5.56 Å². The highest BCUT2D eigenvalue weighted by atomic mass is 19.4. The highest BCUT2D eigenvalue weighted by Crippen LogP contribution is 2.28. The summed E-state index contributed by atoms with van der Waals surface area (Å²) in [5, 5.41) is 8.08. The molecule has 1 aromatic heterocycles. The standard InChI is InChI=1S/C9H3F3N2/c10-9(11,12)7-3-5-14-8(6-7)2-1-4-13/h3,5-6H. The van der Waals surface area contributed by atoms with Gasteiger partial charge < -0.3 is 0 Å². The zero-order valence-electron chi connectivity index (χ0n) is 6.76. The van der Waals surface area contributed by atoms with E-state index >= 15 is 0 Å². The fourth-order valence-corrected chi connectivity index (χ4v) is 0.767. The van der Waals surface area contributed by atoms with Crippen molar-refractivity contribution in [2.75, 3.05) is 0 Å². The van der Waals surface area contributed by atoms with E-state index in [1.807, 2.05) is 5.92 Å². The Morgan fingerprint density at radius 3 is 2.64 bits per heavy atom. The molecule has 1 rings (SSSR count). The van der Waals surface area contributed by atoms with E-state index in [9.17, 15) is 13.2 Å². The van der Waals surface area contributed by atoms with Gasteiger partial charge in [-0.15, -0.1) is 0 Å². The molecule has 0 aliphatic carbocycles. The fourth-order valence-electron chi connectivity index (χ4n) is 0.767. The summed E-state index contributed by atoms with van der Waals surface area (Å²) >= 11 is 0. The Labute approximate surface area is 78.0 Å². The van der Waals surface area contributed by atoms with Crippen molar-refractivity contribution < 1.29 is 13.2 Å². The van der Waals surface area contributed by atoms with Gasteiger partial charge in [-0.05, 0) is 18.1 Å². The lowest BCUT2D eigenvalue weighted by Gasteiger charge is -2.05. The lowest BCUT2D eigenvalue weighted by atomic mass is 10.2. The summed E-state index contributed by atoms with van der Waals surface area (Å²) in [6.45, 7) is 0. The minimum atomic E-state index is -4.41. The summed E-state index contributed by atoms with van der Waals surface area (Å²) in [4.78, 5) is 3.57. The Morgan fingerprint density at radius 1 is 1.36 bits per heavy atom. The van der Waals surface area contributed by atoms with Crippen LogP contribution >= 0.6 is 0 Å². The van der Waals surface area contributed by atoms with Crippen LogP contribution in [0.25, 0.3) is 0 Å². The van der Waals surface area contributed by atoms with Crippen LogP contribution in [0.5, 0.6) is 0 Å². The molecule has 0 aromatic carbocycles. The monoisotopic (exact) mass is 196 g/mol. The van der Waals surface area contributed by atoms with Crippen molar-refractivity contribution >= 4 is 0 Å².